The fourth-order valence-corrected chi connectivity index (χ4v) is 1.36. The molecule has 3 N–H and O–H groups in total. The van der Waals surface area contributed by atoms with Gasteiger partial charge in [-0.05, 0) is 24.0 Å². The van der Waals surface area contributed by atoms with E-state index in [0.717, 1.165) is 4.90 Å². The summed E-state index contributed by atoms with van der Waals surface area (Å²) in [4.78, 5) is 11.6. The number of thioether (sulfide) groups is 1. The molecule has 1 rings (SSSR count). The summed E-state index contributed by atoms with van der Waals surface area (Å²) in [5, 5.41) is 8.63. The number of carbonyl (C=O) groups is 1. The van der Waals surface area contributed by atoms with Gasteiger partial charge < -0.3 is 10.8 Å². The Bertz CT molecular complexity index is 302. The molecular formula is C9H12ClNO2S. The van der Waals surface area contributed by atoms with Crippen LogP contribution in [-0.2, 0) is 4.79 Å². The highest BCUT2D eigenvalue weighted by Gasteiger charge is 2.13. The van der Waals surface area contributed by atoms with E-state index >= 15 is 0 Å². The molecule has 3 nitrogen and oxygen atoms in total. The van der Waals surface area contributed by atoms with E-state index in [1.165, 1.54) is 0 Å². The average Bonchev–Trinajstić information content (AvgIpc) is 2.17. The topological polar surface area (TPSA) is 63.3 Å². The number of nitrogens with two attached hydrogens (primary N) is 1. The highest BCUT2D eigenvalue weighted by molar-refractivity contribution is 7.98. The number of hydrogen-bond donors (Lipinski definition) is 2. The standard InChI is InChI=1S/C9H11NO2S.ClH/c1-13-7-4-2-6(3-5-7)8(10)9(11)12;/h2-5,8H,10H2,1H3,(H,11,12);1H. The van der Waals surface area contributed by atoms with E-state index < -0.39 is 12.0 Å². The van der Waals surface area contributed by atoms with Crippen LogP contribution < -0.4 is 5.73 Å². The number of aliphatic carboxylic acids is 1. The first-order valence-corrected chi connectivity index (χ1v) is 5.00. The summed E-state index contributed by atoms with van der Waals surface area (Å²) in [5.41, 5.74) is 6.05. The fourth-order valence-electron chi connectivity index (χ4n) is 0.954. The van der Waals surface area contributed by atoms with Crippen LogP contribution >= 0.6 is 24.2 Å². The lowest BCUT2D eigenvalue weighted by Crippen LogP contribution is -2.20. The quantitative estimate of drug-likeness (QED) is 0.783. The summed E-state index contributed by atoms with van der Waals surface area (Å²) in [7, 11) is 0. The number of hydrogen-bond acceptors (Lipinski definition) is 3. The second kappa shape index (κ2) is 5.90. The maximum Gasteiger partial charge on any atom is 0.325 e. The molecule has 1 aromatic rings. The van der Waals surface area contributed by atoms with Gasteiger partial charge in [0.15, 0.2) is 0 Å². The lowest BCUT2D eigenvalue weighted by Gasteiger charge is -2.06. The first-order valence-electron chi connectivity index (χ1n) is 3.77. The Labute approximate surface area is 93.1 Å². The molecule has 0 spiro atoms. The number of rotatable bonds is 3. The van der Waals surface area contributed by atoms with Gasteiger partial charge in [-0.2, -0.15) is 0 Å². The van der Waals surface area contributed by atoms with Gasteiger partial charge >= 0.3 is 5.97 Å². The molecule has 14 heavy (non-hydrogen) atoms. The van der Waals surface area contributed by atoms with E-state index in [1.807, 2.05) is 18.4 Å². The molecule has 0 saturated carbocycles. The molecule has 0 bridgehead atoms. The Morgan fingerprint density at radius 1 is 1.43 bits per heavy atom. The van der Waals surface area contributed by atoms with Gasteiger partial charge in [0.05, 0.1) is 0 Å². The van der Waals surface area contributed by atoms with Crippen molar-refractivity contribution in [3.05, 3.63) is 29.8 Å². The SMILES string of the molecule is CSc1ccc(C(N)C(=O)O)cc1.Cl. The van der Waals surface area contributed by atoms with Gasteiger partial charge in [-0.15, -0.1) is 24.2 Å². The number of carboxylic acids is 1. The summed E-state index contributed by atoms with van der Waals surface area (Å²) in [6.07, 6.45) is 1.96. The molecule has 0 heterocycles. The van der Waals surface area contributed by atoms with Gasteiger partial charge in [-0.1, -0.05) is 12.1 Å². The van der Waals surface area contributed by atoms with Crippen molar-refractivity contribution in [3.8, 4) is 0 Å². The molecule has 1 unspecified atom stereocenters. The molecule has 0 aliphatic heterocycles. The minimum absolute atomic E-state index is 0. The van der Waals surface area contributed by atoms with E-state index in [-0.39, 0.29) is 12.4 Å². The molecule has 0 radical (unpaired) electrons. The van der Waals surface area contributed by atoms with E-state index in [2.05, 4.69) is 0 Å². The third kappa shape index (κ3) is 3.21. The third-order valence-electron chi connectivity index (χ3n) is 1.74. The smallest absolute Gasteiger partial charge is 0.325 e. The molecule has 1 aromatic carbocycles. The van der Waals surface area contributed by atoms with Crippen molar-refractivity contribution in [2.24, 2.45) is 5.73 Å². The minimum atomic E-state index is -1.00. The van der Waals surface area contributed by atoms with Crippen LogP contribution in [0, 0.1) is 0 Å². The second-order valence-electron chi connectivity index (χ2n) is 2.59. The van der Waals surface area contributed by atoms with Gasteiger partial charge in [0.25, 0.3) is 0 Å². The Hall–Kier alpha value is -0.710. The van der Waals surface area contributed by atoms with Crippen molar-refractivity contribution >= 4 is 30.1 Å². The van der Waals surface area contributed by atoms with Crippen molar-refractivity contribution < 1.29 is 9.90 Å². The fraction of sp³-hybridized carbons (Fsp3) is 0.222. The van der Waals surface area contributed by atoms with Crippen LogP contribution in [0.5, 0.6) is 0 Å². The summed E-state index contributed by atoms with van der Waals surface area (Å²) >= 11 is 1.61. The lowest BCUT2D eigenvalue weighted by molar-refractivity contribution is -0.138. The molecule has 0 saturated heterocycles. The highest BCUT2D eigenvalue weighted by atomic mass is 35.5. The van der Waals surface area contributed by atoms with Gasteiger partial charge in [-0.25, -0.2) is 0 Å². The monoisotopic (exact) mass is 233 g/mol. The second-order valence-corrected chi connectivity index (χ2v) is 3.47. The predicted octanol–water partition coefficient (Wildman–Crippen LogP) is 1.91. The Kier molecular flexibility index (Phi) is 5.60. The van der Waals surface area contributed by atoms with Crippen LogP contribution in [0.2, 0.25) is 0 Å². The number of halogens is 1. The Morgan fingerprint density at radius 2 is 1.93 bits per heavy atom. The zero-order valence-electron chi connectivity index (χ0n) is 7.64. The number of carboxylic acid groups (broad SMARTS) is 1. The molecular weight excluding hydrogens is 222 g/mol. The third-order valence-corrected chi connectivity index (χ3v) is 2.48. The lowest BCUT2D eigenvalue weighted by atomic mass is 10.1. The van der Waals surface area contributed by atoms with Crippen molar-refractivity contribution in [2.45, 2.75) is 10.9 Å². The first kappa shape index (κ1) is 13.3. The highest BCUT2D eigenvalue weighted by Crippen LogP contribution is 2.17. The normalized spacial score (nSPS) is 11.6. The summed E-state index contributed by atoms with van der Waals surface area (Å²) in [6.45, 7) is 0. The molecule has 0 aliphatic rings. The van der Waals surface area contributed by atoms with Crippen LogP contribution in [0.3, 0.4) is 0 Å². The minimum Gasteiger partial charge on any atom is -0.480 e. The van der Waals surface area contributed by atoms with Gasteiger partial charge in [0.1, 0.15) is 6.04 Å². The molecule has 0 aromatic heterocycles. The van der Waals surface area contributed by atoms with Crippen LogP contribution in [0.25, 0.3) is 0 Å². The maximum atomic E-state index is 10.5. The van der Waals surface area contributed by atoms with Crippen molar-refractivity contribution in [3.63, 3.8) is 0 Å². The molecule has 1 atom stereocenters. The van der Waals surface area contributed by atoms with E-state index in [1.54, 1.807) is 23.9 Å². The van der Waals surface area contributed by atoms with Crippen LogP contribution in [0.1, 0.15) is 11.6 Å². The zero-order valence-corrected chi connectivity index (χ0v) is 9.27. The van der Waals surface area contributed by atoms with Gasteiger partial charge in [0, 0.05) is 4.90 Å². The summed E-state index contributed by atoms with van der Waals surface area (Å²) in [5.74, 6) is -1.00. The zero-order chi connectivity index (χ0) is 9.84. The summed E-state index contributed by atoms with van der Waals surface area (Å²) < 4.78 is 0. The Morgan fingerprint density at radius 3 is 2.29 bits per heavy atom. The predicted molar refractivity (Wildman–Crippen MR) is 60.0 cm³/mol. The average molecular weight is 234 g/mol. The number of benzene rings is 1. The maximum absolute atomic E-state index is 10.5. The van der Waals surface area contributed by atoms with Crippen LogP contribution in [-0.4, -0.2) is 17.3 Å². The van der Waals surface area contributed by atoms with E-state index in [9.17, 15) is 4.79 Å². The largest absolute Gasteiger partial charge is 0.480 e. The van der Waals surface area contributed by atoms with Crippen LogP contribution in [0.4, 0.5) is 0 Å². The van der Waals surface area contributed by atoms with Gasteiger partial charge in [0.2, 0.25) is 0 Å². The molecule has 78 valence electrons. The van der Waals surface area contributed by atoms with Gasteiger partial charge in [-0.3, -0.25) is 4.79 Å². The Balaban J connectivity index is 0.00000169. The van der Waals surface area contributed by atoms with E-state index in [0.29, 0.717) is 5.56 Å². The molecule has 0 fully saturated rings. The molecule has 0 amide bonds. The van der Waals surface area contributed by atoms with Crippen molar-refractivity contribution in [1.82, 2.24) is 0 Å². The van der Waals surface area contributed by atoms with E-state index in [4.69, 9.17) is 10.8 Å². The summed E-state index contributed by atoms with van der Waals surface area (Å²) in [6, 6.07) is 6.29. The van der Waals surface area contributed by atoms with Crippen molar-refractivity contribution in [1.29, 1.82) is 0 Å². The molecule has 0 aliphatic carbocycles. The first-order chi connectivity index (χ1) is 6.15. The van der Waals surface area contributed by atoms with Crippen LogP contribution in [0.15, 0.2) is 29.2 Å². The van der Waals surface area contributed by atoms with Crippen molar-refractivity contribution in [2.75, 3.05) is 6.26 Å². The molecule has 5 heteroatoms.